The first-order valence-corrected chi connectivity index (χ1v) is 8.01. The Labute approximate surface area is 137 Å². The quantitative estimate of drug-likeness (QED) is 0.750. The second-order valence-electron chi connectivity index (χ2n) is 5.32. The van der Waals surface area contributed by atoms with Gasteiger partial charge >= 0.3 is 0 Å². The molecule has 3 nitrogen and oxygen atoms in total. The SMILES string of the molecule is Cc1ccc(C)c(-c2csc(NC(=O)c3ccc(F)cc3)n2)c1. The molecule has 116 valence electrons. The van der Waals surface area contributed by atoms with E-state index in [1.807, 2.05) is 19.2 Å². The van der Waals surface area contributed by atoms with E-state index in [4.69, 9.17) is 0 Å². The number of amides is 1. The molecule has 1 N–H and O–H groups in total. The normalized spacial score (nSPS) is 10.6. The van der Waals surface area contributed by atoms with Crippen molar-refractivity contribution in [1.29, 1.82) is 0 Å². The summed E-state index contributed by atoms with van der Waals surface area (Å²) in [6.07, 6.45) is 0. The first kappa shape index (κ1) is 15.4. The van der Waals surface area contributed by atoms with Crippen LogP contribution in [0.15, 0.2) is 47.8 Å². The van der Waals surface area contributed by atoms with Gasteiger partial charge in [0, 0.05) is 16.5 Å². The zero-order valence-electron chi connectivity index (χ0n) is 12.8. The van der Waals surface area contributed by atoms with Crippen molar-refractivity contribution in [2.24, 2.45) is 0 Å². The van der Waals surface area contributed by atoms with Gasteiger partial charge in [-0.3, -0.25) is 10.1 Å². The van der Waals surface area contributed by atoms with Crippen LogP contribution in [-0.4, -0.2) is 10.9 Å². The molecule has 0 fully saturated rings. The number of hydrogen-bond donors (Lipinski definition) is 1. The summed E-state index contributed by atoms with van der Waals surface area (Å²) in [6, 6.07) is 11.6. The first-order chi connectivity index (χ1) is 11.0. The van der Waals surface area contributed by atoms with Crippen LogP contribution < -0.4 is 5.32 Å². The van der Waals surface area contributed by atoms with Gasteiger partial charge in [0.15, 0.2) is 5.13 Å². The number of anilines is 1. The third-order valence-corrected chi connectivity index (χ3v) is 4.26. The molecule has 0 bridgehead atoms. The predicted octanol–water partition coefficient (Wildman–Crippen LogP) is 4.82. The van der Waals surface area contributed by atoms with Gasteiger partial charge in [-0.25, -0.2) is 9.37 Å². The molecule has 0 saturated heterocycles. The van der Waals surface area contributed by atoms with E-state index in [2.05, 4.69) is 28.5 Å². The monoisotopic (exact) mass is 326 g/mol. The van der Waals surface area contributed by atoms with E-state index in [9.17, 15) is 9.18 Å². The molecule has 0 saturated carbocycles. The molecule has 0 aliphatic carbocycles. The van der Waals surface area contributed by atoms with E-state index >= 15 is 0 Å². The highest BCUT2D eigenvalue weighted by molar-refractivity contribution is 7.14. The average molecular weight is 326 g/mol. The van der Waals surface area contributed by atoms with Crippen molar-refractivity contribution >= 4 is 22.4 Å². The van der Waals surface area contributed by atoms with E-state index in [0.717, 1.165) is 22.4 Å². The molecule has 0 atom stereocenters. The summed E-state index contributed by atoms with van der Waals surface area (Å²) in [4.78, 5) is 16.6. The summed E-state index contributed by atoms with van der Waals surface area (Å²) in [5.74, 6) is -0.667. The van der Waals surface area contributed by atoms with Crippen molar-refractivity contribution in [3.63, 3.8) is 0 Å². The summed E-state index contributed by atoms with van der Waals surface area (Å²) >= 11 is 1.37. The van der Waals surface area contributed by atoms with Crippen LogP contribution in [0.4, 0.5) is 9.52 Å². The third kappa shape index (κ3) is 3.46. The number of benzene rings is 2. The Balaban J connectivity index is 1.81. The molecule has 1 amide bonds. The van der Waals surface area contributed by atoms with Crippen molar-refractivity contribution in [2.45, 2.75) is 13.8 Å². The summed E-state index contributed by atoms with van der Waals surface area (Å²) in [5, 5.41) is 5.19. The summed E-state index contributed by atoms with van der Waals surface area (Å²) in [7, 11) is 0. The highest BCUT2D eigenvalue weighted by Crippen LogP contribution is 2.28. The summed E-state index contributed by atoms with van der Waals surface area (Å²) < 4.78 is 12.9. The molecule has 3 rings (SSSR count). The second-order valence-corrected chi connectivity index (χ2v) is 6.18. The third-order valence-electron chi connectivity index (χ3n) is 3.50. The minimum absolute atomic E-state index is 0.299. The van der Waals surface area contributed by atoms with Crippen molar-refractivity contribution in [1.82, 2.24) is 4.98 Å². The molecular formula is C18H15FN2OS. The van der Waals surface area contributed by atoms with Crippen molar-refractivity contribution in [2.75, 3.05) is 5.32 Å². The zero-order valence-corrected chi connectivity index (χ0v) is 13.6. The van der Waals surface area contributed by atoms with Gasteiger partial charge in [0.05, 0.1) is 5.69 Å². The predicted molar refractivity (Wildman–Crippen MR) is 91.4 cm³/mol. The molecular weight excluding hydrogens is 311 g/mol. The molecule has 5 heteroatoms. The molecule has 0 aliphatic rings. The van der Waals surface area contributed by atoms with Crippen LogP contribution in [0, 0.1) is 19.7 Å². The molecule has 1 heterocycles. The molecule has 3 aromatic rings. The lowest BCUT2D eigenvalue weighted by Gasteiger charge is -2.04. The Hall–Kier alpha value is -2.53. The number of hydrogen-bond acceptors (Lipinski definition) is 3. The van der Waals surface area contributed by atoms with Crippen LogP contribution in [0.5, 0.6) is 0 Å². The molecule has 2 aromatic carbocycles. The van der Waals surface area contributed by atoms with E-state index in [1.165, 1.54) is 35.6 Å². The van der Waals surface area contributed by atoms with E-state index < -0.39 is 0 Å². The number of rotatable bonds is 3. The highest BCUT2D eigenvalue weighted by Gasteiger charge is 2.11. The smallest absolute Gasteiger partial charge is 0.257 e. The van der Waals surface area contributed by atoms with Gasteiger partial charge in [-0.1, -0.05) is 17.7 Å². The van der Waals surface area contributed by atoms with Crippen LogP contribution in [0.25, 0.3) is 11.3 Å². The number of nitrogens with zero attached hydrogens (tertiary/aromatic N) is 1. The van der Waals surface area contributed by atoms with Gasteiger partial charge in [-0.15, -0.1) is 11.3 Å². The molecule has 0 radical (unpaired) electrons. The van der Waals surface area contributed by atoms with Gasteiger partial charge < -0.3 is 0 Å². The van der Waals surface area contributed by atoms with Crippen LogP contribution in [0.3, 0.4) is 0 Å². The minimum Gasteiger partial charge on any atom is -0.298 e. The standard InChI is InChI=1S/C18H15FN2OS/c1-11-3-4-12(2)15(9-11)16-10-23-18(20-16)21-17(22)13-5-7-14(19)8-6-13/h3-10H,1-2H3,(H,20,21,22). The van der Waals surface area contributed by atoms with E-state index in [-0.39, 0.29) is 11.7 Å². The van der Waals surface area contributed by atoms with Crippen molar-refractivity contribution in [3.8, 4) is 11.3 Å². The van der Waals surface area contributed by atoms with E-state index in [1.54, 1.807) is 0 Å². The van der Waals surface area contributed by atoms with Gasteiger partial charge in [-0.2, -0.15) is 0 Å². The van der Waals surface area contributed by atoms with Gasteiger partial charge in [0.25, 0.3) is 5.91 Å². The van der Waals surface area contributed by atoms with Gasteiger partial charge in [-0.05, 0) is 49.7 Å². The van der Waals surface area contributed by atoms with Crippen molar-refractivity contribution < 1.29 is 9.18 Å². The van der Waals surface area contributed by atoms with Gasteiger partial charge in [0.1, 0.15) is 5.82 Å². The fourth-order valence-corrected chi connectivity index (χ4v) is 2.94. The van der Waals surface area contributed by atoms with Crippen LogP contribution in [0.1, 0.15) is 21.5 Å². The lowest BCUT2D eigenvalue weighted by molar-refractivity contribution is 0.102. The first-order valence-electron chi connectivity index (χ1n) is 7.13. The number of halogens is 1. The fraction of sp³-hybridized carbons (Fsp3) is 0.111. The molecule has 0 aliphatic heterocycles. The van der Waals surface area contributed by atoms with Crippen molar-refractivity contribution in [3.05, 3.63) is 70.4 Å². The molecule has 23 heavy (non-hydrogen) atoms. The summed E-state index contributed by atoms with van der Waals surface area (Å²) in [6.45, 7) is 4.07. The van der Waals surface area contributed by atoms with Crippen LogP contribution in [-0.2, 0) is 0 Å². The molecule has 0 unspecified atom stereocenters. The number of carbonyl (C=O) groups is 1. The maximum atomic E-state index is 12.9. The lowest BCUT2D eigenvalue weighted by atomic mass is 10.0. The lowest BCUT2D eigenvalue weighted by Crippen LogP contribution is -2.11. The maximum absolute atomic E-state index is 12.9. The van der Waals surface area contributed by atoms with E-state index in [0.29, 0.717) is 10.7 Å². The Morgan fingerprint density at radius 3 is 2.61 bits per heavy atom. The number of carbonyl (C=O) groups excluding carboxylic acids is 1. The molecule has 1 aromatic heterocycles. The summed E-state index contributed by atoms with van der Waals surface area (Å²) in [5.41, 5.74) is 4.59. The number of thiazole rings is 1. The Morgan fingerprint density at radius 2 is 1.87 bits per heavy atom. The topological polar surface area (TPSA) is 42.0 Å². The Morgan fingerprint density at radius 1 is 1.13 bits per heavy atom. The second kappa shape index (κ2) is 6.30. The Kier molecular flexibility index (Phi) is 4.21. The zero-order chi connectivity index (χ0) is 16.4. The number of aryl methyl sites for hydroxylation is 2. The minimum atomic E-state index is -0.368. The van der Waals surface area contributed by atoms with Crippen LogP contribution in [0.2, 0.25) is 0 Å². The number of nitrogens with one attached hydrogen (secondary N) is 1. The average Bonchev–Trinajstić information content (AvgIpc) is 2.98. The number of aromatic nitrogens is 1. The highest BCUT2D eigenvalue weighted by atomic mass is 32.1. The van der Waals surface area contributed by atoms with Gasteiger partial charge in [0.2, 0.25) is 0 Å². The maximum Gasteiger partial charge on any atom is 0.257 e. The Bertz CT molecular complexity index is 856. The van der Waals surface area contributed by atoms with Crippen LogP contribution >= 0.6 is 11.3 Å². The fourth-order valence-electron chi connectivity index (χ4n) is 2.24. The largest absolute Gasteiger partial charge is 0.298 e. The molecule has 0 spiro atoms.